The van der Waals surface area contributed by atoms with Gasteiger partial charge in [-0.2, -0.15) is 0 Å². The van der Waals surface area contributed by atoms with Crippen LogP contribution in [0, 0.1) is 13.8 Å². The number of furan rings is 1. The zero-order valence-electron chi connectivity index (χ0n) is 14.3. The highest BCUT2D eigenvalue weighted by atomic mass is 79.9. The molecule has 130 valence electrons. The number of halogens is 1. The molecule has 4 aromatic rings. The minimum atomic E-state index is -0.290. The summed E-state index contributed by atoms with van der Waals surface area (Å²) in [6.07, 6.45) is 3.97. The van der Waals surface area contributed by atoms with Crippen LogP contribution in [0.25, 0.3) is 16.9 Å². The van der Waals surface area contributed by atoms with Crippen molar-refractivity contribution in [3.8, 4) is 11.3 Å². The Bertz CT molecular complexity index is 1130. The maximum Gasteiger partial charge on any atom is 0.291 e. The molecule has 0 saturated heterocycles. The van der Waals surface area contributed by atoms with E-state index in [2.05, 4.69) is 26.2 Å². The van der Waals surface area contributed by atoms with Gasteiger partial charge in [0.25, 0.3) is 5.91 Å². The molecule has 3 aromatic heterocycles. The van der Waals surface area contributed by atoms with E-state index in [4.69, 9.17) is 4.42 Å². The number of amides is 1. The van der Waals surface area contributed by atoms with Gasteiger partial charge in [-0.3, -0.25) is 4.79 Å². The van der Waals surface area contributed by atoms with Gasteiger partial charge in [0.05, 0.1) is 5.69 Å². The number of aromatic nitrogens is 2. The Kier molecular flexibility index (Phi) is 4.12. The Hall–Kier alpha value is -2.86. The molecule has 0 saturated carbocycles. The van der Waals surface area contributed by atoms with Crippen LogP contribution in [0.2, 0.25) is 0 Å². The van der Waals surface area contributed by atoms with Crippen molar-refractivity contribution < 1.29 is 9.21 Å². The minimum Gasteiger partial charge on any atom is -0.444 e. The van der Waals surface area contributed by atoms with Crippen LogP contribution in [-0.2, 0) is 0 Å². The number of imidazole rings is 1. The van der Waals surface area contributed by atoms with Crippen LogP contribution in [0.3, 0.4) is 0 Å². The van der Waals surface area contributed by atoms with Gasteiger partial charge < -0.3 is 14.1 Å². The van der Waals surface area contributed by atoms with Gasteiger partial charge in [0, 0.05) is 23.6 Å². The number of anilines is 1. The third-order valence-corrected chi connectivity index (χ3v) is 4.62. The quantitative estimate of drug-likeness (QED) is 0.504. The molecule has 0 spiro atoms. The second-order valence-corrected chi connectivity index (χ2v) is 6.96. The average molecular weight is 410 g/mol. The van der Waals surface area contributed by atoms with E-state index in [9.17, 15) is 4.79 Å². The van der Waals surface area contributed by atoms with Crippen LogP contribution >= 0.6 is 15.9 Å². The summed E-state index contributed by atoms with van der Waals surface area (Å²) < 4.78 is 7.82. The molecule has 4 rings (SSSR count). The first-order valence-corrected chi connectivity index (χ1v) is 8.92. The summed E-state index contributed by atoms with van der Waals surface area (Å²) >= 11 is 3.21. The number of pyridine rings is 1. The second-order valence-electron chi connectivity index (χ2n) is 6.18. The number of carbonyl (C=O) groups excluding carboxylic acids is 1. The lowest BCUT2D eigenvalue weighted by Crippen LogP contribution is -2.11. The predicted octanol–water partition coefficient (Wildman–Crippen LogP) is 5.23. The van der Waals surface area contributed by atoms with Gasteiger partial charge in [-0.05, 0) is 71.2 Å². The van der Waals surface area contributed by atoms with Crippen molar-refractivity contribution in [2.45, 2.75) is 13.8 Å². The van der Waals surface area contributed by atoms with Crippen LogP contribution in [0.4, 0.5) is 5.69 Å². The van der Waals surface area contributed by atoms with E-state index in [1.165, 1.54) is 0 Å². The van der Waals surface area contributed by atoms with Crippen molar-refractivity contribution in [2.75, 3.05) is 5.32 Å². The summed E-state index contributed by atoms with van der Waals surface area (Å²) in [6, 6.07) is 13.3. The number of benzene rings is 1. The molecule has 0 atom stereocenters. The van der Waals surface area contributed by atoms with Gasteiger partial charge in [-0.15, -0.1) is 0 Å². The molecular weight excluding hydrogens is 394 g/mol. The highest BCUT2D eigenvalue weighted by Gasteiger charge is 2.13. The normalized spacial score (nSPS) is 11.0. The van der Waals surface area contributed by atoms with Crippen LogP contribution in [0.1, 0.15) is 21.7 Å². The summed E-state index contributed by atoms with van der Waals surface area (Å²) in [5, 5.41) is 2.90. The van der Waals surface area contributed by atoms with E-state index < -0.39 is 0 Å². The molecule has 1 aromatic carbocycles. The number of aryl methyl sites for hydroxylation is 2. The van der Waals surface area contributed by atoms with Crippen LogP contribution in [0.5, 0.6) is 0 Å². The van der Waals surface area contributed by atoms with Gasteiger partial charge in [0.1, 0.15) is 5.65 Å². The molecule has 6 heteroatoms. The van der Waals surface area contributed by atoms with Gasteiger partial charge in [0.2, 0.25) is 0 Å². The monoisotopic (exact) mass is 409 g/mol. The number of nitrogens with zero attached hydrogens (tertiary/aromatic N) is 2. The van der Waals surface area contributed by atoms with E-state index in [-0.39, 0.29) is 11.7 Å². The number of hydrogen-bond donors (Lipinski definition) is 1. The lowest BCUT2D eigenvalue weighted by Gasteiger charge is -2.09. The standard InChI is InChI=1S/C20H16BrN3O2/c1-12-7-8-24-11-16(22-19(24)9-12)14-4-3-13(2)15(10-14)23-20(25)17-5-6-18(21)26-17/h3-11H,1-2H3,(H,23,25). The lowest BCUT2D eigenvalue weighted by atomic mass is 10.1. The maximum absolute atomic E-state index is 12.4. The summed E-state index contributed by atoms with van der Waals surface area (Å²) in [5.74, 6) is -0.0357. The topological polar surface area (TPSA) is 59.5 Å². The molecule has 26 heavy (non-hydrogen) atoms. The average Bonchev–Trinajstić information content (AvgIpc) is 3.22. The van der Waals surface area contributed by atoms with E-state index in [1.807, 2.05) is 61.0 Å². The Morgan fingerprint density at radius 1 is 1.15 bits per heavy atom. The zero-order chi connectivity index (χ0) is 18.3. The molecule has 5 nitrogen and oxygen atoms in total. The third-order valence-electron chi connectivity index (χ3n) is 4.19. The molecule has 1 N–H and O–H groups in total. The van der Waals surface area contributed by atoms with E-state index in [1.54, 1.807) is 12.1 Å². The number of fused-ring (bicyclic) bond motifs is 1. The van der Waals surface area contributed by atoms with Crippen LogP contribution < -0.4 is 5.32 Å². The van der Waals surface area contributed by atoms with E-state index in [0.717, 1.165) is 33.7 Å². The molecule has 3 heterocycles. The zero-order valence-corrected chi connectivity index (χ0v) is 15.9. The first-order valence-electron chi connectivity index (χ1n) is 8.13. The van der Waals surface area contributed by atoms with Gasteiger partial charge in [0.15, 0.2) is 10.4 Å². The number of rotatable bonds is 3. The molecule has 0 unspecified atom stereocenters. The second kappa shape index (κ2) is 6.46. The lowest BCUT2D eigenvalue weighted by molar-refractivity contribution is 0.0995. The maximum atomic E-state index is 12.4. The smallest absolute Gasteiger partial charge is 0.291 e. The third kappa shape index (κ3) is 3.15. The number of hydrogen-bond acceptors (Lipinski definition) is 3. The van der Waals surface area contributed by atoms with Crippen molar-refractivity contribution in [2.24, 2.45) is 0 Å². The Morgan fingerprint density at radius 2 is 2.00 bits per heavy atom. The molecular formula is C20H16BrN3O2. The molecule has 0 aliphatic rings. The fourth-order valence-electron chi connectivity index (χ4n) is 2.76. The van der Waals surface area contributed by atoms with Gasteiger partial charge >= 0.3 is 0 Å². The molecule has 0 fully saturated rings. The van der Waals surface area contributed by atoms with Crippen molar-refractivity contribution in [3.63, 3.8) is 0 Å². The highest BCUT2D eigenvalue weighted by Crippen LogP contribution is 2.26. The first kappa shape index (κ1) is 16.6. The van der Waals surface area contributed by atoms with Gasteiger partial charge in [-0.25, -0.2) is 4.98 Å². The summed E-state index contributed by atoms with van der Waals surface area (Å²) in [7, 11) is 0. The van der Waals surface area contributed by atoms with Gasteiger partial charge in [-0.1, -0.05) is 12.1 Å². The predicted molar refractivity (Wildman–Crippen MR) is 104 cm³/mol. The fraction of sp³-hybridized carbons (Fsp3) is 0.100. The molecule has 0 aliphatic carbocycles. The number of nitrogens with one attached hydrogen (secondary N) is 1. The summed E-state index contributed by atoms with van der Waals surface area (Å²) in [5.41, 5.74) is 5.54. The van der Waals surface area contributed by atoms with E-state index >= 15 is 0 Å². The van der Waals surface area contributed by atoms with Crippen molar-refractivity contribution >= 4 is 33.2 Å². The van der Waals surface area contributed by atoms with E-state index in [0.29, 0.717) is 4.67 Å². The highest BCUT2D eigenvalue weighted by molar-refractivity contribution is 9.10. The van der Waals surface area contributed by atoms with Crippen LogP contribution in [-0.4, -0.2) is 15.3 Å². The fourth-order valence-corrected chi connectivity index (χ4v) is 3.07. The molecule has 1 amide bonds. The first-order chi connectivity index (χ1) is 12.5. The minimum absolute atomic E-state index is 0.255. The molecule has 0 bridgehead atoms. The molecule has 0 aliphatic heterocycles. The largest absolute Gasteiger partial charge is 0.444 e. The van der Waals surface area contributed by atoms with Crippen molar-refractivity contribution in [1.82, 2.24) is 9.38 Å². The van der Waals surface area contributed by atoms with Crippen LogP contribution in [0.15, 0.2) is 63.9 Å². The Morgan fingerprint density at radius 3 is 2.77 bits per heavy atom. The molecule has 0 radical (unpaired) electrons. The SMILES string of the molecule is Cc1ccn2cc(-c3ccc(C)c(NC(=O)c4ccc(Br)o4)c3)nc2c1. The summed E-state index contributed by atoms with van der Waals surface area (Å²) in [6.45, 7) is 3.99. The van der Waals surface area contributed by atoms with Crippen molar-refractivity contribution in [1.29, 1.82) is 0 Å². The number of carbonyl (C=O) groups is 1. The Labute approximate surface area is 158 Å². The van der Waals surface area contributed by atoms with Crippen molar-refractivity contribution in [3.05, 3.63) is 76.4 Å². The Balaban J connectivity index is 1.67. The summed E-state index contributed by atoms with van der Waals surface area (Å²) in [4.78, 5) is 17.0.